The molecule has 4 heteroatoms. The molecule has 1 fully saturated rings. The van der Waals surface area contributed by atoms with Gasteiger partial charge in [-0.15, -0.1) is 0 Å². The molecule has 0 bridgehead atoms. The number of carbonyl (C=O) groups is 1. The highest BCUT2D eigenvalue weighted by atomic mass is 16.3. The van der Waals surface area contributed by atoms with Crippen molar-refractivity contribution < 1.29 is 9.90 Å². The van der Waals surface area contributed by atoms with Crippen molar-refractivity contribution in [2.75, 3.05) is 20.6 Å². The lowest BCUT2D eigenvalue weighted by atomic mass is 9.93. The van der Waals surface area contributed by atoms with Gasteiger partial charge in [-0.3, -0.25) is 4.79 Å². The van der Waals surface area contributed by atoms with Crippen LogP contribution in [-0.2, 0) is 24.4 Å². The molecule has 0 unspecified atom stereocenters. The third-order valence-corrected chi connectivity index (χ3v) is 5.25. The zero-order valence-electron chi connectivity index (χ0n) is 16.4. The number of amides is 1. The van der Waals surface area contributed by atoms with E-state index in [1.54, 1.807) is 0 Å². The number of aliphatic hydroxyl groups is 1. The average Bonchev–Trinajstić information content (AvgIpc) is 2.69. The molecule has 1 N–H and O–H groups in total. The fraction of sp³-hybridized carbons (Fsp3) is 0.435. The Bertz CT molecular complexity index is 738. The van der Waals surface area contributed by atoms with Gasteiger partial charge in [-0.25, -0.2) is 0 Å². The molecule has 1 saturated heterocycles. The van der Waals surface area contributed by atoms with Crippen LogP contribution in [0.3, 0.4) is 0 Å². The second kappa shape index (κ2) is 9.16. The van der Waals surface area contributed by atoms with Gasteiger partial charge in [0.25, 0.3) is 0 Å². The Morgan fingerprint density at radius 1 is 1.00 bits per heavy atom. The molecule has 1 aliphatic heterocycles. The SMILES string of the molecule is CN(C)Cc1ccc([C@@H]2CCCCN2C(=O)Cc2ccc(CO)cc2)cc1. The summed E-state index contributed by atoms with van der Waals surface area (Å²) in [5, 5.41) is 9.16. The maximum Gasteiger partial charge on any atom is 0.227 e. The Kier molecular flexibility index (Phi) is 6.64. The molecule has 0 aliphatic carbocycles. The van der Waals surface area contributed by atoms with Crippen LogP contribution in [0.1, 0.15) is 47.6 Å². The summed E-state index contributed by atoms with van der Waals surface area (Å²) in [6, 6.07) is 16.6. The summed E-state index contributed by atoms with van der Waals surface area (Å²) in [5.74, 6) is 0.189. The molecule has 2 aromatic carbocycles. The fourth-order valence-electron chi connectivity index (χ4n) is 3.83. The lowest BCUT2D eigenvalue weighted by Crippen LogP contribution is -2.39. The highest BCUT2D eigenvalue weighted by Crippen LogP contribution is 2.31. The quantitative estimate of drug-likeness (QED) is 0.850. The van der Waals surface area contributed by atoms with E-state index in [0.29, 0.717) is 6.42 Å². The molecule has 1 heterocycles. The first kappa shape index (κ1) is 19.6. The molecule has 0 radical (unpaired) electrons. The number of carbonyl (C=O) groups excluding carboxylic acids is 1. The van der Waals surface area contributed by atoms with Gasteiger partial charge in [0.2, 0.25) is 5.91 Å². The van der Waals surface area contributed by atoms with E-state index in [4.69, 9.17) is 5.11 Å². The Labute approximate surface area is 162 Å². The smallest absolute Gasteiger partial charge is 0.227 e. The van der Waals surface area contributed by atoms with Gasteiger partial charge in [0.1, 0.15) is 0 Å². The number of aliphatic hydroxyl groups excluding tert-OH is 1. The minimum absolute atomic E-state index is 0.0340. The Morgan fingerprint density at radius 2 is 1.63 bits per heavy atom. The number of hydrogen-bond acceptors (Lipinski definition) is 3. The van der Waals surface area contributed by atoms with E-state index in [1.165, 1.54) is 17.5 Å². The van der Waals surface area contributed by atoms with Crippen molar-refractivity contribution in [2.45, 2.75) is 44.9 Å². The second-order valence-corrected chi connectivity index (χ2v) is 7.73. The van der Waals surface area contributed by atoms with Crippen molar-refractivity contribution in [3.8, 4) is 0 Å². The van der Waals surface area contributed by atoms with Crippen LogP contribution in [0.2, 0.25) is 0 Å². The molecule has 1 aliphatic rings. The normalized spacial score (nSPS) is 17.3. The van der Waals surface area contributed by atoms with E-state index < -0.39 is 0 Å². The van der Waals surface area contributed by atoms with Crippen molar-refractivity contribution in [1.29, 1.82) is 0 Å². The monoisotopic (exact) mass is 366 g/mol. The van der Waals surface area contributed by atoms with Gasteiger partial charge in [-0.2, -0.15) is 0 Å². The molecule has 3 rings (SSSR count). The summed E-state index contributed by atoms with van der Waals surface area (Å²) < 4.78 is 0. The molecular weight excluding hydrogens is 336 g/mol. The molecule has 144 valence electrons. The molecule has 0 aromatic heterocycles. The second-order valence-electron chi connectivity index (χ2n) is 7.73. The Morgan fingerprint density at radius 3 is 2.26 bits per heavy atom. The van der Waals surface area contributed by atoms with Gasteiger partial charge in [0.15, 0.2) is 0 Å². The van der Waals surface area contributed by atoms with Gasteiger partial charge in [0, 0.05) is 13.1 Å². The zero-order valence-corrected chi connectivity index (χ0v) is 16.4. The first-order valence-corrected chi connectivity index (χ1v) is 9.78. The van der Waals surface area contributed by atoms with Crippen LogP contribution in [0.25, 0.3) is 0 Å². The number of rotatable bonds is 6. The number of nitrogens with zero attached hydrogens (tertiary/aromatic N) is 2. The number of likely N-dealkylation sites (tertiary alicyclic amines) is 1. The molecule has 1 amide bonds. The van der Waals surface area contributed by atoms with Gasteiger partial charge in [-0.1, -0.05) is 48.5 Å². The van der Waals surface area contributed by atoms with E-state index in [9.17, 15) is 4.79 Å². The van der Waals surface area contributed by atoms with Crippen LogP contribution in [0.4, 0.5) is 0 Å². The van der Waals surface area contributed by atoms with Gasteiger partial charge in [0.05, 0.1) is 19.1 Å². The molecule has 0 spiro atoms. The van der Waals surface area contributed by atoms with Gasteiger partial charge in [-0.05, 0) is 55.6 Å². The third-order valence-electron chi connectivity index (χ3n) is 5.25. The van der Waals surface area contributed by atoms with Crippen LogP contribution in [0.5, 0.6) is 0 Å². The summed E-state index contributed by atoms with van der Waals surface area (Å²) in [7, 11) is 4.14. The van der Waals surface area contributed by atoms with Crippen LogP contribution >= 0.6 is 0 Å². The minimum Gasteiger partial charge on any atom is -0.392 e. The van der Waals surface area contributed by atoms with Crippen molar-refractivity contribution in [1.82, 2.24) is 9.80 Å². The zero-order chi connectivity index (χ0) is 19.2. The molecule has 27 heavy (non-hydrogen) atoms. The topological polar surface area (TPSA) is 43.8 Å². The molecule has 2 aromatic rings. The molecule has 4 nitrogen and oxygen atoms in total. The van der Waals surface area contributed by atoms with Gasteiger partial charge >= 0.3 is 0 Å². The largest absolute Gasteiger partial charge is 0.392 e. The van der Waals surface area contributed by atoms with Crippen molar-refractivity contribution in [2.24, 2.45) is 0 Å². The lowest BCUT2D eigenvalue weighted by molar-refractivity contribution is -0.134. The number of benzene rings is 2. The van der Waals surface area contributed by atoms with Crippen LogP contribution in [0.15, 0.2) is 48.5 Å². The minimum atomic E-state index is 0.0340. The molecule has 1 atom stereocenters. The van der Waals surface area contributed by atoms with Crippen LogP contribution < -0.4 is 0 Å². The van der Waals surface area contributed by atoms with Crippen LogP contribution in [0, 0.1) is 0 Å². The van der Waals surface area contributed by atoms with E-state index >= 15 is 0 Å². The first-order chi connectivity index (χ1) is 13.1. The average molecular weight is 367 g/mol. The predicted molar refractivity (Wildman–Crippen MR) is 108 cm³/mol. The fourth-order valence-corrected chi connectivity index (χ4v) is 3.83. The molecule has 0 saturated carbocycles. The molecular formula is C23H30N2O2. The van der Waals surface area contributed by atoms with Gasteiger partial charge < -0.3 is 14.9 Å². The maximum absolute atomic E-state index is 13.0. The summed E-state index contributed by atoms with van der Waals surface area (Å²) in [4.78, 5) is 17.2. The summed E-state index contributed by atoms with van der Waals surface area (Å²) in [6.45, 7) is 1.79. The van der Waals surface area contributed by atoms with E-state index in [2.05, 4.69) is 48.2 Å². The highest BCUT2D eigenvalue weighted by Gasteiger charge is 2.27. The number of piperidine rings is 1. The predicted octanol–water partition coefficient (Wildman–Crippen LogP) is 3.54. The lowest BCUT2D eigenvalue weighted by Gasteiger charge is -2.36. The van der Waals surface area contributed by atoms with E-state index in [-0.39, 0.29) is 18.6 Å². The van der Waals surface area contributed by atoms with Crippen molar-refractivity contribution >= 4 is 5.91 Å². The standard InChI is InChI=1S/C23H30N2O2/c1-24(2)16-19-10-12-21(13-11-19)22-5-3-4-14-25(22)23(27)15-18-6-8-20(17-26)9-7-18/h6-13,22,26H,3-5,14-17H2,1-2H3/t22-/m0/s1. The number of hydrogen-bond donors (Lipinski definition) is 1. The Balaban J connectivity index is 1.71. The van der Waals surface area contributed by atoms with Crippen molar-refractivity contribution in [3.63, 3.8) is 0 Å². The first-order valence-electron chi connectivity index (χ1n) is 9.78. The Hall–Kier alpha value is -2.17. The van der Waals surface area contributed by atoms with Crippen molar-refractivity contribution in [3.05, 3.63) is 70.8 Å². The summed E-state index contributed by atoms with van der Waals surface area (Å²) in [6.07, 6.45) is 3.69. The third kappa shape index (κ3) is 5.18. The van der Waals surface area contributed by atoms with E-state index in [1.807, 2.05) is 24.3 Å². The summed E-state index contributed by atoms with van der Waals surface area (Å²) >= 11 is 0. The highest BCUT2D eigenvalue weighted by molar-refractivity contribution is 5.79. The van der Waals surface area contributed by atoms with E-state index in [0.717, 1.165) is 37.1 Å². The van der Waals surface area contributed by atoms with Crippen LogP contribution in [-0.4, -0.2) is 41.5 Å². The summed E-state index contributed by atoms with van der Waals surface area (Å²) in [5.41, 5.74) is 4.41. The maximum atomic E-state index is 13.0.